The van der Waals surface area contributed by atoms with Gasteiger partial charge in [0, 0.05) is 25.7 Å². The normalized spacial score (nSPS) is 27.8. The van der Waals surface area contributed by atoms with E-state index in [-0.39, 0.29) is 0 Å². The lowest BCUT2D eigenvalue weighted by Gasteiger charge is -2.35. The van der Waals surface area contributed by atoms with Gasteiger partial charge in [-0.3, -0.25) is 4.98 Å². The van der Waals surface area contributed by atoms with Crippen LogP contribution in [0.2, 0.25) is 0 Å². The summed E-state index contributed by atoms with van der Waals surface area (Å²) < 4.78 is 0. The first kappa shape index (κ1) is 11.7. The maximum atomic E-state index is 4.47. The van der Waals surface area contributed by atoms with Crippen LogP contribution < -0.4 is 10.6 Å². The molecular formula is C13H21N5. The molecule has 3 heterocycles. The molecule has 3 rings (SSSR count). The fourth-order valence-electron chi connectivity index (χ4n) is 3.12. The summed E-state index contributed by atoms with van der Waals surface area (Å²) in [6.07, 6.45) is 8.73. The molecule has 2 unspecified atom stereocenters. The van der Waals surface area contributed by atoms with Crippen LogP contribution in [0.25, 0.3) is 0 Å². The van der Waals surface area contributed by atoms with Crippen LogP contribution in [0, 0.1) is 0 Å². The second kappa shape index (κ2) is 5.10. The van der Waals surface area contributed by atoms with Crippen LogP contribution in [-0.4, -0.2) is 47.1 Å². The topological polar surface area (TPSA) is 53.1 Å². The molecule has 2 aliphatic rings. The quantitative estimate of drug-likeness (QED) is 0.849. The average molecular weight is 247 g/mol. The van der Waals surface area contributed by atoms with Gasteiger partial charge in [0.05, 0.1) is 12.4 Å². The summed E-state index contributed by atoms with van der Waals surface area (Å²) in [6.45, 7) is 2.52. The second-order valence-corrected chi connectivity index (χ2v) is 5.24. The molecule has 2 aliphatic heterocycles. The van der Waals surface area contributed by atoms with Crippen molar-refractivity contribution >= 4 is 11.6 Å². The third kappa shape index (κ3) is 2.41. The number of rotatable bonds is 3. The summed E-state index contributed by atoms with van der Waals surface area (Å²) in [5.41, 5.74) is 0. The summed E-state index contributed by atoms with van der Waals surface area (Å²) in [7, 11) is 1.87. The zero-order valence-electron chi connectivity index (χ0n) is 10.9. The molecule has 98 valence electrons. The van der Waals surface area contributed by atoms with Gasteiger partial charge in [-0.1, -0.05) is 0 Å². The first-order valence-corrected chi connectivity index (χ1v) is 6.85. The molecule has 2 saturated heterocycles. The molecular weight excluding hydrogens is 226 g/mol. The monoisotopic (exact) mass is 247 g/mol. The Bertz CT molecular complexity index is 408. The first-order valence-electron chi connectivity index (χ1n) is 6.85. The van der Waals surface area contributed by atoms with Gasteiger partial charge in [0.1, 0.15) is 11.6 Å². The summed E-state index contributed by atoms with van der Waals surface area (Å²) >= 11 is 0. The predicted molar refractivity (Wildman–Crippen MR) is 72.8 cm³/mol. The highest BCUT2D eigenvalue weighted by Gasteiger charge is 2.31. The van der Waals surface area contributed by atoms with Crippen LogP contribution in [0.15, 0.2) is 12.4 Å². The van der Waals surface area contributed by atoms with Crippen molar-refractivity contribution in [2.24, 2.45) is 0 Å². The van der Waals surface area contributed by atoms with E-state index < -0.39 is 0 Å². The number of hydrogen-bond acceptors (Lipinski definition) is 5. The molecule has 0 saturated carbocycles. The van der Waals surface area contributed by atoms with Crippen molar-refractivity contribution in [1.82, 2.24) is 14.9 Å². The van der Waals surface area contributed by atoms with E-state index in [0.717, 1.165) is 17.7 Å². The van der Waals surface area contributed by atoms with Crippen LogP contribution in [0.3, 0.4) is 0 Å². The number of nitrogens with zero attached hydrogens (tertiary/aromatic N) is 3. The molecule has 2 N–H and O–H groups in total. The van der Waals surface area contributed by atoms with Gasteiger partial charge in [-0.05, 0) is 32.2 Å². The molecule has 0 radical (unpaired) electrons. The largest absolute Gasteiger partial charge is 0.372 e. The standard InChI is InChI=1S/C13H21N5/c1-14-12-8-15-9-13(17-12)16-10-4-6-18-5-2-3-11(18)7-10/h8-11H,2-7H2,1H3,(H2,14,16,17). The third-order valence-electron chi connectivity index (χ3n) is 4.06. The Morgan fingerprint density at radius 2 is 2.11 bits per heavy atom. The summed E-state index contributed by atoms with van der Waals surface area (Å²) in [4.78, 5) is 11.3. The minimum atomic E-state index is 0.547. The Kier molecular flexibility index (Phi) is 3.32. The molecule has 0 amide bonds. The number of piperidine rings is 1. The van der Waals surface area contributed by atoms with E-state index in [1.54, 1.807) is 6.20 Å². The van der Waals surface area contributed by atoms with E-state index in [1.165, 1.54) is 38.8 Å². The van der Waals surface area contributed by atoms with Gasteiger partial charge in [0.25, 0.3) is 0 Å². The van der Waals surface area contributed by atoms with Crippen LogP contribution in [-0.2, 0) is 0 Å². The zero-order valence-corrected chi connectivity index (χ0v) is 10.9. The van der Waals surface area contributed by atoms with Crippen molar-refractivity contribution in [3.8, 4) is 0 Å². The van der Waals surface area contributed by atoms with Crippen molar-refractivity contribution in [2.45, 2.75) is 37.8 Å². The number of aromatic nitrogens is 2. The number of nitrogens with one attached hydrogen (secondary N) is 2. The third-order valence-corrected chi connectivity index (χ3v) is 4.06. The Morgan fingerprint density at radius 1 is 1.22 bits per heavy atom. The van der Waals surface area contributed by atoms with Gasteiger partial charge in [-0.25, -0.2) is 4.98 Å². The van der Waals surface area contributed by atoms with Crippen LogP contribution in [0.4, 0.5) is 11.6 Å². The highest BCUT2D eigenvalue weighted by molar-refractivity contribution is 5.41. The van der Waals surface area contributed by atoms with E-state index in [4.69, 9.17) is 0 Å². The molecule has 1 aromatic rings. The van der Waals surface area contributed by atoms with E-state index >= 15 is 0 Å². The number of hydrogen-bond donors (Lipinski definition) is 2. The Labute approximate surface area is 108 Å². The van der Waals surface area contributed by atoms with E-state index in [2.05, 4.69) is 25.5 Å². The Balaban J connectivity index is 1.62. The number of anilines is 2. The second-order valence-electron chi connectivity index (χ2n) is 5.24. The molecule has 1 aromatic heterocycles. The fraction of sp³-hybridized carbons (Fsp3) is 0.692. The molecule has 5 heteroatoms. The molecule has 0 bridgehead atoms. The van der Waals surface area contributed by atoms with Crippen LogP contribution in [0.5, 0.6) is 0 Å². The van der Waals surface area contributed by atoms with Crippen LogP contribution >= 0.6 is 0 Å². The van der Waals surface area contributed by atoms with Gasteiger partial charge in [0.15, 0.2) is 0 Å². The van der Waals surface area contributed by atoms with Crippen LogP contribution in [0.1, 0.15) is 25.7 Å². The minimum Gasteiger partial charge on any atom is -0.372 e. The van der Waals surface area contributed by atoms with Gasteiger partial charge in [-0.15, -0.1) is 0 Å². The lowest BCUT2D eigenvalue weighted by Crippen LogP contribution is -2.42. The van der Waals surface area contributed by atoms with Crippen molar-refractivity contribution in [3.05, 3.63) is 12.4 Å². The molecule has 2 fully saturated rings. The van der Waals surface area contributed by atoms with Crippen molar-refractivity contribution in [2.75, 3.05) is 30.8 Å². The average Bonchev–Trinajstić information content (AvgIpc) is 2.86. The van der Waals surface area contributed by atoms with Gasteiger partial charge in [0.2, 0.25) is 0 Å². The van der Waals surface area contributed by atoms with E-state index in [0.29, 0.717) is 6.04 Å². The summed E-state index contributed by atoms with van der Waals surface area (Å²) in [5.74, 6) is 1.71. The van der Waals surface area contributed by atoms with Crippen molar-refractivity contribution < 1.29 is 0 Å². The van der Waals surface area contributed by atoms with Gasteiger partial charge >= 0.3 is 0 Å². The van der Waals surface area contributed by atoms with Crippen molar-refractivity contribution in [3.63, 3.8) is 0 Å². The highest BCUT2D eigenvalue weighted by Crippen LogP contribution is 2.28. The molecule has 5 nitrogen and oxygen atoms in total. The highest BCUT2D eigenvalue weighted by atomic mass is 15.2. The molecule has 0 aliphatic carbocycles. The maximum absolute atomic E-state index is 4.47. The number of fused-ring (bicyclic) bond motifs is 1. The van der Waals surface area contributed by atoms with E-state index in [1.807, 2.05) is 13.2 Å². The molecule has 0 aromatic carbocycles. The molecule has 2 atom stereocenters. The summed E-state index contributed by atoms with van der Waals surface area (Å²) in [5, 5.41) is 6.55. The SMILES string of the molecule is CNc1cncc(NC2CCN3CCCC3C2)n1. The lowest BCUT2D eigenvalue weighted by molar-refractivity contribution is 0.188. The molecule has 18 heavy (non-hydrogen) atoms. The van der Waals surface area contributed by atoms with Gasteiger partial charge in [-0.2, -0.15) is 0 Å². The van der Waals surface area contributed by atoms with Gasteiger partial charge < -0.3 is 15.5 Å². The fourth-order valence-corrected chi connectivity index (χ4v) is 3.12. The maximum Gasteiger partial charge on any atom is 0.147 e. The predicted octanol–water partition coefficient (Wildman–Crippen LogP) is 1.56. The Hall–Kier alpha value is -1.36. The Morgan fingerprint density at radius 3 is 3.00 bits per heavy atom. The minimum absolute atomic E-state index is 0.547. The lowest BCUT2D eigenvalue weighted by atomic mass is 9.98. The smallest absolute Gasteiger partial charge is 0.147 e. The zero-order chi connectivity index (χ0) is 12.4. The first-order chi connectivity index (χ1) is 8.85. The van der Waals surface area contributed by atoms with Crippen molar-refractivity contribution in [1.29, 1.82) is 0 Å². The van der Waals surface area contributed by atoms with E-state index in [9.17, 15) is 0 Å². The molecule has 0 spiro atoms. The summed E-state index contributed by atoms with van der Waals surface area (Å²) in [6, 6.07) is 1.34.